The van der Waals surface area contributed by atoms with Crippen molar-refractivity contribution in [2.24, 2.45) is 0 Å². The highest BCUT2D eigenvalue weighted by Gasteiger charge is 2.16. The fraction of sp³-hybridized carbons (Fsp3) is 0.235. The number of nitrogens with zero attached hydrogens (tertiary/aromatic N) is 1. The first-order valence-electron chi connectivity index (χ1n) is 7.54. The molecule has 0 aliphatic rings. The minimum Gasteiger partial charge on any atom is -0.404 e. The zero-order valence-corrected chi connectivity index (χ0v) is 14.2. The number of para-hydroxylation sites is 1. The van der Waals surface area contributed by atoms with Gasteiger partial charge in [-0.1, -0.05) is 23.7 Å². The number of benzene rings is 2. The lowest BCUT2D eigenvalue weighted by Crippen LogP contribution is -2.27. The van der Waals surface area contributed by atoms with Crippen molar-refractivity contribution in [1.29, 1.82) is 0 Å². The van der Waals surface area contributed by atoms with Crippen molar-refractivity contribution in [2.45, 2.75) is 13.8 Å². The van der Waals surface area contributed by atoms with E-state index in [1.54, 1.807) is 29.3 Å². The van der Waals surface area contributed by atoms with Crippen molar-refractivity contribution in [1.82, 2.24) is 5.06 Å². The van der Waals surface area contributed by atoms with E-state index in [-0.39, 0.29) is 22.0 Å². The number of carbonyl (C=O) groups excluding carboxylic acids is 1. The molecule has 0 aliphatic heterocycles. The van der Waals surface area contributed by atoms with Crippen molar-refractivity contribution in [3.05, 3.63) is 52.8 Å². The first-order valence-corrected chi connectivity index (χ1v) is 7.91. The number of nitrogen functional groups attached to an aromatic ring is 1. The summed E-state index contributed by atoms with van der Waals surface area (Å²) in [5, 5.41) is 4.27. The molecule has 2 aromatic carbocycles. The highest BCUT2D eigenvalue weighted by Crippen LogP contribution is 2.31. The van der Waals surface area contributed by atoms with E-state index in [9.17, 15) is 9.18 Å². The largest absolute Gasteiger partial charge is 0.404 e. The number of anilines is 2. The smallest absolute Gasteiger partial charge is 0.257 e. The summed E-state index contributed by atoms with van der Waals surface area (Å²) in [6.07, 6.45) is 0. The summed E-state index contributed by atoms with van der Waals surface area (Å²) in [4.78, 5) is 17.9. The first-order chi connectivity index (χ1) is 11.5. The van der Waals surface area contributed by atoms with Crippen LogP contribution in [0, 0.1) is 5.82 Å². The first kappa shape index (κ1) is 18.0. The van der Waals surface area contributed by atoms with E-state index in [1.165, 1.54) is 6.07 Å². The second kappa shape index (κ2) is 7.99. The topological polar surface area (TPSA) is 67.6 Å². The van der Waals surface area contributed by atoms with Gasteiger partial charge in [0.05, 0.1) is 16.3 Å². The van der Waals surface area contributed by atoms with Crippen LogP contribution in [0.3, 0.4) is 0 Å². The Morgan fingerprint density at radius 1 is 1.29 bits per heavy atom. The molecular weight excluding hydrogens is 333 g/mol. The SMILES string of the molecule is CCN(CC)Oc1cc(NC(=O)c2ccccc2N)c(F)cc1Cl. The summed E-state index contributed by atoms with van der Waals surface area (Å²) in [6, 6.07) is 9.01. The number of hydroxylamine groups is 2. The van der Waals surface area contributed by atoms with Crippen LogP contribution in [0.15, 0.2) is 36.4 Å². The maximum atomic E-state index is 14.1. The van der Waals surface area contributed by atoms with Gasteiger partial charge in [-0.2, -0.15) is 0 Å². The molecular formula is C17H19ClFN3O2. The number of nitrogens with two attached hydrogens (primary N) is 1. The summed E-state index contributed by atoms with van der Waals surface area (Å²) >= 11 is 6.01. The molecule has 2 rings (SSSR count). The van der Waals surface area contributed by atoms with Crippen molar-refractivity contribution < 1.29 is 14.0 Å². The molecule has 0 aliphatic carbocycles. The summed E-state index contributed by atoms with van der Waals surface area (Å²) in [5.41, 5.74) is 6.30. The molecule has 0 atom stereocenters. The molecule has 0 unspecified atom stereocenters. The fourth-order valence-electron chi connectivity index (χ4n) is 2.08. The zero-order chi connectivity index (χ0) is 17.7. The van der Waals surface area contributed by atoms with Crippen LogP contribution in [0.1, 0.15) is 24.2 Å². The molecule has 5 nitrogen and oxygen atoms in total. The Balaban J connectivity index is 2.27. The molecule has 24 heavy (non-hydrogen) atoms. The predicted molar refractivity (Wildman–Crippen MR) is 93.8 cm³/mol. The Morgan fingerprint density at radius 2 is 1.96 bits per heavy atom. The minimum absolute atomic E-state index is 0.0326. The molecule has 0 heterocycles. The highest BCUT2D eigenvalue weighted by molar-refractivity contribution is 6.32. The summed E-state index contributed by atoms with van der Waals surface area (Å²) < 4.78 is 14.1. The van der Waals surface area contributed by atoms with Crippen LogP contribution >= 0.6 is 11.6 Å². The van der Waals surface area contributed by atoms with Gasteiger partial charge in [0.15, 0.2) is 5.75 Å². The minimum atomic E-state index is -0.658. The third-order valence-corrected chi connectivity index (χ3v) is 3.70. The fourth-order valence-corrected chi connectivity index (χ4v) is 2.26. The van der Waals surface area contributed by atoms with Crippen LogP contribution in [0.4, 0.5) is 15.8 Å². The number of halogens is 2. The monoisotopic (exact) mass is 351 g/mol. The Hall–Kier alpha value is -2.31. The number of hydrogen-bond acceptors (Lipinski definition) is 4. The quantitative estimate of drug-likeness (QED) is 0.611. The van der Waals surface area contributed by atoms with E-state index >= 15 is 0 Å². The Kier molecular flexibility index (Phi) is 6.00. The Labute approximate surface area is 145 Å². The molecule has 0 saturated carbocycles. The molecule has 0 aromatic heterocycles. The lowest BCUT2D eigenvalue weighted by Gasteiger charge is -2.20. The molecule has 3 N–H and O–H groups in total. The van der Waals surface area contributed by atoms with Gasteiger partial charge in [-0.3, -0.25) is 4.79 Å². The van der Waals surface area contributed by atoms with Crippen molar-refractivity contribution >= 4 is 28.9 Å². The van der Waals surface area contributed by atoms with Crippen LogP contribution in [0.2, 0.25) is 5.02 Å². The van der Waals surface area contributed by atoms with Crippen molar-refractivity contribution in [2.75, 3.05) is 24.1 Å². The van der Waals surface area contributed by atoms with Gasteiger partial charge in [-0.05, 0) is 32.0 Å². The van der Waals surface area contributed by atoms with E-state index < -0.39 is 11.7 Å². The number of hydrogen-bond donors (Lipinski definition) is 2. The highest BCUT2D eigenvalue weighted by atomic mass is 35.5. The number of nitrogens with one attached hydrogen (secondary N) is 1. The molecule has 0 fully saturated rings. The second-order valence-corrected chi connectivity index (χ2v) is 5.42. The van der Waals surface area contributed by atoms with Gasteiger partial charge in [0.25, 0.3) is 5.91 Å². The van der Waals surface area contributed by atoms with Crippen molar-refractivity contribution in [3.8, 4) is 5.75 Å². The molecule has 0 spiro atoms. The summed E-state index contributed by atoms with van der Waals surface area (Å²) in [6.45, 7) is 5.10. The molecule has 128 valence electrons. The second-order valence-electron chi connectivity index (χ2n) is 5.01. The van der Waals surface area contributed by atoms with Gasteiger partial charge in [0, 0.05) is 24.8 Å². The standard InChI is InChI=1S/C17H19ClFN3O2/c1-3-22(4-2)24-16-10-15(13(19)9-12(16)18)21-17(23)11-7-5-6-8-14(11)20/h5-10H,3-4,20H2,1-2H3,(H,21,23). The van der Waals surface area contributed by atoms with E-state index in [2.05, 4.69) is 5.32 Å². The Morgan fingerprint density at radius 3 is 2.58 bits per heavy atom. The van der Waals surface area contributed by atoms with Crippen LogP contribution < -0.4 is 15.9 Å². The number of rotatable bonds is 6. The van der Waals surface area contributed by atoms with Crippen molar-refractivity contribution in [3.63, 3.8) is 0 Å². The van der Waals surface area contributed by atoms with E-state index in [4.69, 9.17) is 22.2 Å². The average Bonchev–Trinajstić information content (AvgIpc) is 2.56. The molecule has 7 heteroatoms. The van der Waals surface area contributed by atoms with Crippen LogP contribution in [-0.2, 0) is 0 Å². The summed E-state index contributed by atoms with van der Waals surface area (Å²) in [7, 11) is 0. The van der Waals surface area contributed by atoms with Gasteiger partial charge < -0.3 is 15.9 Å². The third-order valence-electron chi connectivity index (χ3n) is 3.41. The lowest BCUT2D eigenvalue weighted by atomic mass is 10.1. The molecule has 0 bridgehead atoms. The average molecular weight is 352 g/mol. The maximum Gasteiger partial charge on any atom is 0.257 e. The predicted octanol–water partition coefficient (Wildman–Crippen LogP) is 3.95. The molecule has 0 saturated heterocycles. The normalized spacial score (nSPS) is 10.7. The van der Waals surface area contributed by atoms with Crippen LogP contribution in [0.25, 0.3) is 0 Å². The summed E-state index contributed by atoms with van der Waals surface area (Å²) in [5.74, 6) is -0.907. The molecule has 0 radical (unpaired) electrons. The lowest BCUT2D eigenvalue weighted by molar-refractivity contribution is -0.0485. The maximum absolute atomic E-state index is 14.1. The Bertz CT molecular complexity index is 736. The van der Waals surface area contributed by atoms with Crippen LogP contribution in [0.5, 0.6) is 5.75 Å². The van der Waals surface area contributed by atoms with Gasteiger partial charge in [-0.15, -0.1) is 5.06 Å². The molecule has 1 amide bonds. The number of carbonyl (C=O) groups is 1. The van der Waals surface area contributed by atoms with E-state index in [0.717, 1.165) is 6.07 Å². The molecule has 2 aromatic rings. The van der Waals surface area contributed by atoms with Gasteiger partial charge in [-0.25, -0.2) is 4.39 Å². The number of amides is 1. The van der Waals surface area contributed by atoms with E-state index in [1.807, 2.05) is 13.8 Å². The van der Waals surface area contributed by atoms with E-state index in [0.29, 0.717) is 18.8 Å². The third kappa shape index (κ3) is 4.15. The van der Waals surface area contributed by atoms with Crippen LogP contribution in [-0.4, -0.2) is 24.1 Å². The van der Waals surface area contributed by atoms with Gasteiger partial charge in [0.1, 0.15) is 5.82 Å². The zero-order valence-electron chi connectivity index (χ0n) is 13.5. The van der Waals surface area contributed by atoms with Gasteiger partial charge >= 0.3 is 0 Å². The van der Waals surface area contributed by atoms with Gasteiger partial charge in [0.2, 0.25) is 0 Å².